The number of aromatic hydroxyl groups is 2. The molecule has 11 heteroatoms. The first kappa shape index (κ1) is 27.9. The van der Waals surface area contributed by atoms with Crippen molar-refractivity contribution < 1.29 is 49.0 Å². The van der Waals surface area contributed by atoms with Gasteiger partial charge in [0.25, 0.3) is 0 Å². The Kier molecular flexibility index (Phi) is 8.04. The van der Waals surface area contributed by atoms with Crippen LogP contribution in [0.1, 0.15) is 5.56 Å². The number of fused-ring (bicyclic) bond motifs is 1. The molecule has 5 N–H and O–H groups in total. The summed E-state index contributed by atoms with van der Waals surface area (Å²) in [5.41, 5.74) is 0.688. The molecular weight excluding hydrogens is 536 g/mol. The first-order valence-corrected chi connectivity index (χ1v) is 12.6. The van der Waals surface area contributed by atoms with Crippen LogP contribution in [0.25, 0.3) is 28.4 Å². The highest BCUT2D eigenvalue weighted by molar-refractivity contribution is 5.87. The first-order valence-electron chi connectivity index (χ1n) is 12.6. The highest BCUT2D eigenvalue weighted by Crippen LogP contribution is 2.33. The lowest BCUT2D eigenvalue weighted by molar-refractivity contribution is -0.278. The number of hydrogen-bond acceptors (Lipinski definition) is 11. The molecule has 0 radical (unpaired) electrons. The summed E-state index contributed by atoms with van der Waals surface area (Å²) in [6, 6.07) is 18.6. The van der Waals surface area contributed by atoms with Crippen molar-refractivity contribution in [2.75, 3.05) is 6.61 Å². The largest absolute Gasteiger partial charge is 0.508 e. The maximum atomic E-state index is 12.7. The molecule has 0 amide bonds. The van der Waals surface area contributed by atoms with Crippen LogP contribution in [0.15, 0.2) is 88.1 Å². The van der Waals surface area contributed by atoms with E-state index >= 15 is 0 Å². The third-order valence-electron chi connectivity index (χ3n) is 6.46. The van der Waals surface area contributed by atoms with Crippen LogP contribution in [0.3, 0.4) is 0 Å². The van der Waals surface area contributed by atoms with E-state index in [9.17, 15) is 35.1 Å². The van der Waals surface area contributed by atoms with Gasteiger partial charge in [-0.05, 0) is 35.9 Å². The van der Waals surface area contributed by atoms with Crippen LogP contribution in [0, 0.1) is 0 Å². The number of benzene rings is 3. The number of phenols is 2. The second-order valence-corrected chi connectivity index (χ2v) is 9.34. The fraction of sp³-hybridized carbons (Fsp3) is 0.200. The number of phenolic OH excluding ortho intramolecular Hbond substituents is 2. The van der Waals surface area contributed by atoms with E-state index in [1.807, 2.05) is 18.2 Å². The summed E-state index contributed by atoms with van der Waals surface area (Å²) in [6.45, 7) is -0.462. The molecule has 0 aliphatic carbocycles. The average Bonchev–Trinajstić information content (AvgIpc) is 2.96. The molecule has 0 spiro atoms. The van der Waals surface area contributed by atoms with Gasteiger partial charge in [0.1, 0.15) is 65.0 Å². The summed E-state index contributed by atoms with van der Waals surface area (Å²) in [4.78, 5) is 24.9. The van der Waals surface area contributed by atoms with Gasteiger partial charge >= 0.3 is 5.97 Å². The molecule has 0 unspecified atom stereocenters. The van der Waals surface area contributed by atoms with Crippen LogP contribution >= 0.6 is 0 Å². The number of rotatable bonds is 7. The van der Waals surface area contributed by atoms with E-state index in [0.717, 1.165) is 11.6 Å². The average molecular weight is 563 g/mol. The molecule has 1 fully saturated rings. The van der Waals surface area contributed by atoms with E-state index in [2.05, 4.69) is 0 Å². The molecule has 4 aromatic rings. The van der Waals surface area contributed by atoms with Gasteiger partial charge in [0, 0.05) is 29.8 Å². The van der Waals surface area contributed by atoms with Crippen LogP contribution in [-0.2, 0) is 14.3 Å². The number of ether oxygens (including phenoxy) is 3. The smallest absolute Gasteiger partial charge is 0.330 e. The van der Waals surface area contributed by atoms with E-state index in [1.54, 1.807) is 30.3 Å². The second kappa shape index (κ2) is 11.8. The Balaban J connectivity index is 1.33. The minimum absolute atomic E-state index is 0.0280. The minimum Gasteiger partial charge on any atom is -0.508 e. The van der Waals surface area contributed by atoms with Gasteiger partial charge in [-0.15, -0.1) is 0 Å². The zero-order valence-corrected chi connectivity index (χ0v) is 21.4. The molecule has 41 heavy (non-hydrogen) atoms. The Hall–Kier alpha value is -4.68. The van der Waals surface area contributed by atoms with E-state index in [0.29, 0.717) is 5.56 Å². The number of carbonyl (C=O) groups is 1. The van der Waals surface area contributed by atoms with Crippen molar-refractivity contribution in [1.29, 1.82) is 0 Å². The van der Waals surface area contributed by atoms with E-state index in [-0.39, 0.29) is 28.2 Å². The Morgan fingerprint density at radius 3 is 2.37 bits per heavy atom. The SMILES string of the molecule is O=C(/C=C\c1ccccc1)OC[C@H]1O[C@@H](Oc2cc(O)c3c(=O)cc(-c4ccc(O)cc4)oc3c2)[C@H](O)[C@@H](O)[C@@H]1O. The van der Waals surface area contributed by atoms with Crippen LogP contribution in [0.4, 0.5) is 0 Å². The number of hydrogen-bond donors (Lipinski definition) is 5. The lowest BCUT2D eigenvalue weighted by Gasteiger charge is -2.39. The van der Waals surface area contributed by atoms with Crippen LogP contribution in [-0.4, -0.2) is 68.8 Å². The number of carbonyl (C=O) groups excluding carboxylic acids is 1. The maximum Gasteiger partial charge on any atom is 0.330 e. The molecule has 2 heterocycles. The van der Waals surface area contributed by atoms with Crippen molar-refractivity contribution in [3.8, 4) is 28.6 Å². The number of esters is 1. The van der Waals surface area contributed by atoms with Crippen molar-refractivity contribution in [1.82, 2.24) is 0 Å². The summed E-state index contributed by atoms with van der Waals surface area (Å²) in [5, 5.41) is 51.2. The Morgan fingerprint density at radius 2 is 1.63 bits per heavy atom. The molecule has 212 valence electrons. The molecule has 1 saturated heterocycles. The zero-order chi connectivity index (χ0) is 29.1. The summed E-state index contributed by atoms with van der Waals surface area (Å²) >= 11 is 0. The fourth-order valence-electron chi connectivity index (χ4n) is 4.31. The molecule has 3 aromatic carbocycles. The van der Waals surface area contributed by atoms with Gasteiger partial charge in [-0.2, -0.15) is 0 Å². The van der Waals surface area contributed by atoms with E-state index < -0.39 is 54.5 Å². The van der Waals surface area contributed by atoms with Gasteiger partial charge in [0.2, 0.25) is 6.29 Å². The van der Waals surface area contributed by atoms with Crippen molar-refractivity contribution >= 4 is 23.0 Å². The number of aliphatic hydroxyl groups excluding tert-OH is 3. The highest BCUT2D eigenvalue weighted by atomic mass is 16.7. The van der Waals surface area contributed by atoms with Gasteiger partial charge in [0.05, 0.1) is 0 Å². The third-order valence-corrected chi connectivity index (χ3v) is 6.46. The molecule has 11 nitrogen and oxygen atoms in total. The third kappa shape index (κ3) is 6.23. The van der Waals surface area contributed by atoms with Crippen molar-refractivity contribution in [3.63, 3.8) is 0 Å². The quantitative estimate of drug-likeness (QED) is 0.165. The minimum atomic E-state index is -1.72. The van der Waals surface area contributed by atoms with Crippen molar-refractivity contribution in [3.05, 3.63) is 94.7 Å². The van der Waals surface area contributed by atoms with Gasteiger partial charge < -0.3 is 44.2 Å². The summed E-state index contributed by atoms with van der Waals surface area (Å²) < 4.78 is 22.2. The van der Waals surface area contributed by atoms with Gasteiger partial charge in [-0.1, -0.05) is 30.3 Å². The predicted molar refractivity (Wildman–Crippen MR) is 145 cm³/mol. The molecular formula is C30H26O11. The summed E-state index contributed by atoms with van der Waals surface area (Å²) in [5.74, 6) is -1.09. The van der Waals surface area contributed by atoms with Gasteiger partial charge in [-0.3, -0.25) is 4.79 Å². The monoisotopic (exact) mass is 562 g/mol. The van der Waals surface area contributed by atoms with Crippen molar-refractivity contribution in [2.45, 2.75) is 30.7 Å². The van der Waals surface area contributed by atoms with E-state index in [1.165, 1.54) is 30.3 Å². The lowest BCUT2D eigenvalue weighted by Crippen LogP contribution is -2.60. The normalized spacial score (nSPS) is 22.6. The molecule has 1 aliphatic rings. The number of aliphatic hydroxyl groups is 3. The predicted octanol–water partition coefficient (Wildman–Crippen LogP) is 2.31. The first-order chi connectivity index (χ1) is 19.7. The summed E-state index contributed by atoms with van der Waals surface area (Å²) in [6.07, 6.45) is -5.12. The Labute approximate surface area is 232 Å². The fourth-order valence-corrected chi connectivity index (χ4v) is 4.31. The van der Waals surface area contributed by atoms with Gasteiger partial charge in [0.15, 0.2) is 5.43 Å². The Bertz CT molecular complexity index is 1610. The molecule has 0 bridgehead atoms. The maximum absolute atomic E-state index is 12.7. The molecule has 0 saturated carbocycles. The molecule has 5 atom stereocenters. The summed E-state index contributed by atoms with van der Waals surface area (Å²) in [7, 11) is 0. The van der Waals surface area contributed by atoms with Crippen LogP contribution in [0.2, 0.25) is 0 Å². The van der Waals surface area contributed by atoms with E-state index in [4.69, 9.17) is 18.6 Å². The van der Waals surface area contributed by atoms with Crippen molar-refractivity contribution in [2.24, 2.45) is 0 Å². The molecule has 1 aromatic heterocycles. The highest BCUT2D eigenvalue weighted by Gasteiger charge is 2.45. The van der Waals surface area contributed by atoms with Gasteiger partial charge in [-0.25, -0.2) is 4.79 Å². The molecule has 1 aliphatic heterocycles. The second-order valence-electron chi connectivity index (χ2n) is 9.34. The van der Waals surface area contributed by atoms with Crippen LogP contribution < -0.4 is 10.2 Å². The topological polar surface area (TPSA) is 176 Å². The standard InChI is InChI=1S/C30H26O11/c31-18-9-7-17(8-10-18)22-14-21(33)26-20(32)12-19(13-23(26)40-22)39-30-29(37)28(36)27(35)24(41-30)15-38-25(34)11-6-16-4-2-1-3-5-16/h1-14,24,27-32,35-37H,15H2/b11-6-/t24-,27-,28+,29-,30-/m1/s1. The lowest BCUT2D eigenvalue weighted by atomic mass is 9.99. The molecule has 5 rings (SSSR count). The Morgan fingerprint density at radius 1 is 0.902 bits per heavy atom. The van der Waals surface area contributed by atoms with Crippen LogP contribution in [0.5, 0.6) is 17.2 Å². The zero-order valence-electron chi connectivity index (χ0n) is 21.4.